The largest absolute Gasteiger partial charge is 0.494 e. The van der Waals surface area contributed by atoms with Gasteiger partial charge in [0.2, 0.25) is 0 Å². The van der Waals surface area contributed by atoms with E-state index in [1.54, 1.807) is 12.1 Å². The predicted octanol–water partition coefficient (Wildman–Crippen LogP) is 8.17. The van der Waals surface area contributed by atoms with Crippen LogP contribution in [-0.2, 0) is 21.6 Å². The van der Waals surface area contributed by atoms with E-state index in [9.17, 15) is 13.6 Å². The van der Waals surface area contributed by atoms with E-state index < -0.39 is 23.7 Å². The van der Waals surface area contributed by atoms with E-state index in [-0.39, 0.29) is 23.5 Å². The molecule has 36 heavy (non-hydrogen) atoms. The molecule has 0 N–H and O–H groups in total. The van der Waals surface area contributed by atoms with Crippen LogP contribution in [0, 0.1) is 0 Å². The smallest absolute Gasteiger partial charge is 0.323 e. The number of para-hydroxylation sites is 1. The Morgan fingerprint density at radius 1 is 1.06 bits per heavy atom. The molecule has 1 fully saturated rings. The molecule has 3 aromatic carbocycles. The Labute approximate surface area is 224 Å². The lowest BCUT2D eigenvalue weighted by molar-refractivity contribution is -0.151. The Bertz CT molecular complexity index is 1250. The van der Waals surface area contributed by atoms with Crippen LogP contribution >= 0.6 is 34.8 Å². The summed E-state index contributed by atoms with van der Waals surface area (Å²) < 4.78 is 40.1. The van der Waals surface area contributed by atoms with Gasteiger partial charge in [-0.1, -0.05) is 65.7 Å². The second-order valence-electron chi connectivity index (χ2n) is 8.85. The molecule has 190 valence electrons. The minimum atomic E-state index is -3.20. The molecule has 1 aliphatic rings. The summed E-state index contributed by atoms with van der Waals surface area (Å²) in [5.74, 6) is -3.72. The predicted molar refractivity (Wildman–Crippen MR) is 139 cm³/mol. The van der Waals surface area contributed by atoms with Crippen LogP contribution < -0.4 is 4.74 Å². The summed E-state index contributed by atoms with van der Waals surface area (Å²) in [4.78, 5) is 13.0. The first kappa shape index (κ1) is 26.7. The molecule has 3 atom stereocenters. The highest BCUT2D eigenvalue weighted by Gasteiger charge is 2.77. The molecule has 8 heteroatoms. The van der Waals surface area contributed by atoms with Crippen LogP contribution in [0.5, 0.6) is 5.75 Å². The van der Waals surface area contributed by atoms with Gasteiger partial charge in [-0.15, -0.1) is 11.6 Å². The fourth-order valence-electron chi connectivity index (χ4n) is 4.56. The van der Waals surface area contributed by atoms with Crippen molar-refractivity contribution in [2.75, 3.05) is 6.61 Å². The highest BCUT2D eigenvalue weighted by Crippen LogP contribution is 2.62. The molecule has 0 aromatic heterocycles. The van der Waals surface area contributed by atoms with Crippen LogP contribution in [0.15, 0.2) is 66.7 Å². The highest BCUT2D eigenvalue weighted by atomic mass is 35.5. The number of halogens is 5. The van der Waals surface area contributed by atoms with Crippen molar-refractivity contribution in [1.29, 1.82) is 0 Å². The van der Waals surface area contributed by atoms with Crippen molar-refractivity contribution in [3.63, 3.8) is 0 Å². The molecule has 0 radical (unpaired) electrons. The van der Waals surface area contributed by atoms with Crippen LogP contribution in [0.4, 0.5) is 8.78 Å². The van der Waals surface area contributed by atoms with Gasteiger partial charge in [-0.2, -0.15) is 0 Å². The van der Waals surface area contributed by atoms with Crippen molar-refractivity contribution in [1.82, 2.24) is 0 Å². The molecule has 0 aliphatic heterocycles. The average Bonchev–Trinajstić information content (AvgIpc) is 3.43. The van der Waals surface area contributed by atoms with Crippen molar-refractivity contribution >= 4 is 40.8 Å². The SMILES string of the molecule is CCOc1ccccc1C(c1ccc(Cl)c(COC(=O)C2(c3ccc(Cl)cc3)CC2(F)F)c1)C(C)Cl. The molecule has 0 spiro atoms. The number of hydrogen-bond acceptors (Lipinski definition) is 3. The van der Waals surface area contributed by atoms with Crippen LogP contribution in [0.3, 0.4) is 0 Å². The molecule has 3 nitrogen and oxygen atoms in total. The Morgan fingerprint density at radius 3 is 2.33 bits per heavy atom. The number of benzene rings is 3. The first-order valence-electron chi connectivity index (χ1n) is 11.6. The number of carbonyl (C=O) groups is 1. The van der Waals surface area contributed by atoms with Crippen molar-refractivity contribution in [3.8, 4) is 5.75 Å². The van der Waals surface area contributed by atoms with Crippen molar-refractivity contribution in [2.24, 2.45) is 0 Å². The van der Waals surface area contributed by atoms with E-state index in [1.807, 2.05) is 44.2 Å². The van der Waals surface area contributed by atoms with E-state index in [1.165, 1.54) is 24.3 Å². The molecule has 0 heterocycles. The van der Waals surface area contributed by atoms with Crippen molar-refractivity contribution < 1.29 is 23.0 Å². The molecule has 1 aliphatic carbocycles. The zero-order valence-corrected chi connectivity index (χ0v) is 22.0. The molecular formula is C28H25Cl3F2O3. The van der Waals surface area contributed by atoms with Gasteiger partial charge in [0.1, 0.15) is 12.4 Å². The summed E-state index contributed by atoms with van der Waals surface area (Å²) in [5.41, 5.74) is 0.389. The van der Waals surface area contributed by atoms with Crippen LogP contribution in [0.2, 0.25) is 10.0 Å². The standard InChI is InChI=1S/C28H25Cl3F2O3/c1-3-35-24-7-5-4-6-22(24)25(17(2)29)18-8-13-23(31)19(14-18)15-36-26(34)27(16-28(27,32)33)20-9-11-21(30)12-10-20/h4-14,17,25H,3,15-16H2,1-2H3. The van der Waals surface area contributed by atoms with Gasteiger partial charge >= 0.3 is 5.97 Å². The Hall–Kier alpha value is -2.34. The average molecular weight is 554 g/mol. The van der Waals surface area contributed by atoms with E-state index >= 15 is 0 Å². The number of ether oxygens (including phenoxy) is 2. The van der Waals surface area contributed by atoms with Crippen molar-refractivity contribution in [3.05, 3.63) is 99.0 Å². The van der Waals surface area contributed by atoms with Crippen LogP contribution in [0.25, 0.3) is 0 Å². The second kappa shape index (κ2) is 10.6. The number of hydrogen-bond donors (Lipinski definition) is 0. The highest BCUT2D eigenvalue weighted by molar-refractivity contribution is 6.31. The van der Waals surface area contributed by atoms with Gasteiger partial charge in [0, 0.05) is 38.9 Å². The fraction of sp³-hybridized carbons (Fsp3) is 0.321. The molecule has 3 unspecified atom stereocenters. The maximum Gasteiger partial charge on any atom is 0.323 e. The Kier molecular flexibility index (Phi) is 7.84. The topological polar surface area (TPSA) is 35.5 Å². The van der Waals surface area contributed by atoms with Gasteiger partial charge in [-0.05, 0) is 49.2 Å². The second-order valence-corrected chi connectivity index (χ2v) is 10.4. The van der Waals surface area contributed by atoms with Gasteiger partial charge < -0.3 is 9.47 Å². The first-order valence-corrected chi connectivity index (χ1v) is 12.7. The number of esters is 1. The lowest BCUT2D eigenvalue weighted by atomic mass is 9.87. The molecule has 3 aromatic rings. The quantitative estimate of drug-likeness (QED) is 0.198. The third kappa shape index (κ3) is 5.06. The normalized spacial score (nSPS) is 19.9. The van der Waals surface area contributed by atoms with Gasteiger partial charge in [-0.25, -0.2) is 8.78 Å². The summed E-state index contributed by atoms with van der Waals surface area (Å²) in [7, 11) is 0. The van der Waals surface area contributed by atoms with Gasteiger partial charge in [-0.3, -0.25) is 4.79 Å². The Balaban J connectivity index is 1.60. The van der Waals surface area contributed by atoms with Crippen LogP contribution in [-0.4, -0.2) is 23.9 Å². The molecule has 0 saturated heterocycles. The van der Waals surface area contributed by atoms with E-state index in [0.29, 0.717) is 22.2 Å². The summed E-state index contributed by atoms with van der Waals surface area (Å²) >= 11 is 18.9. The van der Waals surface area contributed by atoms with E-state index in [2.05, 4.69) is 0 Å². The summed E-state index contributed by atoms with van der Waals surface area (Å²) in [5, 5.41) is 0.444. The van der Waals surface area contributed by atoms with E-state index in [4.69, 9.17) is 44.3 Å². The minimum absolute atomic E-state index is 0.172. The zero-order chi connectivity index (χ0) is 26.1. The molecule has 0 bridgehead atoms. The summed E-state index contributed by atoms with van der Waals surface area (Å²) in [6, 6.07) is 18.8. The number of carbonyl (C=O) groups excluding carboxylic acids is 1. The van der Waals surface area contributed by atoms with E-state index in [0.717, 1.165) is 16.9 Å². The number of alkyl halides is 3. The molecular weight excluding hydrogens is 529 g/mol. The van der Waals surface area contributed by atoms with Gasteiger partial charge in [0.25, 0.3) is 5.92 Å². The molecule has 0 amide bonds. The van der Waals surface area contributed by atoms with Gasteiger partial charge in [0.15, 0.2) is 5.41 Å². The third-order valence-electron chi connectivity index (χ3n) is 6.47. The first-order chi connectivity index (χ1) is 17.1. The van der Waals surface area contributed by atoms with Gasteiger partial charge in [0.05, 0.1) is 6.61 Å². The fourth-order valence-corrected chi connectivity index (χ4v) is 5.14. The molecule has 4 rings (SSSR count). The van der Waals surface area contributed by atoms with Crippen LogP contribution in [0.1, 0.15) is 48.4 Å². The lowest BCUT2D eigenvalue weighted by Crippen LogP contribution is -2.29. The third-order valence-corrected chi connectivity index (χ3v) is 7.35. The number of rotatable bonds is 9. The summed E-state index contributed by atoms with van der Waals surface area (Å²) in [6.45, 7) is 4.04. The van der Waals surface area contributed by atoms with Crippen molar-refractivity contribution in [2.45, 2.75) is 49.5 Å². The zero-order valence-electron chi connectivity index (χ0n) is 19.7. The molecule has 1 saturated carbocycles. The maximum atomic E-state index is 14.5. The monoisotopic (exact) mass is 552 g/mol. The lowest BCUT2D eigenvalue weighted by Gasteiger charge is -2.24. The minimum Gasteiger partial charge on any atom is -0.494 e. The maximum absolute atomic E-state index is 14.5. The Morgan fingerprint density at radius 2 is 1.72 bits per heavy atom. The summed E-state index contributed by atoms with van der Waals surface area (Å²) in [6.07, 6.45) is -0.617.